The van der Waals surface area contributed by atoms with Crippen LogP contribution in [0.25, 0.3) is 0 Å². The van der Waals surface area contributed by atoms with Crippen molar-refractivity contribution >= 4 is 9.84 Å². The summed E-state index contributed by atoms with van der Waals surface area (Å²) in [6.07, 6.45) is 1.25. The Labute approximate surface area is 108 Å². The average Bonchev–Trinajstić information content (AvgIpc) is 2.48. The zero-order chi connectivity index (χ0) is 13.4. The molecule has 1 aliphatic rings. The summed E-state index contributed by atoms with van der Waals surface area (Å²) in [5, 5.41) is 3.28. The van der Waals surface area contributed by atoms with Crippen LogP contribution in [0.1, 0.15) is 25.5 Å². The van der Waals surface area contributed by atoms with Gasteiger partial charge >= 0.3 is 0 Å². The molecule has 0 bridgehead atoms. The number of fused-ring (bicyclic) bond motifs is 1. The summed E-state index contributed by atoms with van der Waals surface area (Å²) in [5.74, 6) is 1.02. The summed E-state index contributed by atoms with van der Waals surface area (Å²) in [6.45, 7) is 4.45. The van der Waals surface area contributed by atoms with Crippen molar-refractivity contribution in [3.63, 3.8) is 0 Å². The number of hydrogen-bond acceptors (Lipinski definition) is 4. The van der Waals surface area contributed by atoms with Gasteiger partial charge in [-0.25, -0.2) is 8.42 Å². The number of nitrogens with one attached hydrogen (secondary N) is 1. The fraction of sp³-hybridized carbons (Fsp3) is 0.538. The second-order valence-corrected chi connectivity index (χ2v) is 7.52. The van der Waals surface area contributed by atoms with Gasteiger partial charge in [0.1, 0.15) is 21.2 Å². The maximum Gasteiger partial charge on any atom is 0.148 e. The molecule has 4 nitrogen and oxygen atoms in total. The van der Waals surface area contributed by atoms with E-state index in [2.05, 4.69) is 5.32 Å². The van der Waals surface area contributed by atoms with Gasteiger partial charge in [0.2, 0.25) is 0 Å². The van der Waals surface area contributed by atoms with Crippen LogP contribution in [0.2, 0.25) is 0 Å². The molecular formula is C13H19NO3S. The Kier molecular flexibility index (Phi) is 3.38. The van der Waals surface area contributed by atoms with Crippen LogP contribution < -0.4 is 10.1 Å². The quantitative estimate of drug-likeness (QED) is 0.900. The Morgan fingerprint density at radius 1 is 1.33 bits per heavy atom. The average molecular weight is 269 g/mol. The lowest BCUT2D eigenvalue weighted by Gasteiger charge is -2.27. The van der Waals surface area contributed by atoms with E-state index in [0.717, 1.165) is 11.3 Å². The molecule has 0 aromatic heterocycles. The van der Waals surface area contributed by atoms with Crippen molar-refractivity contribution in [2.75, 3.05) is 18.6 Å². The van der Waals surface area contributed by atoms with Gasteiger partial charge in [0.15, 0.2) is 0 Å². The van der Waals surface area contributed by atoms with E-state index in [9.17, 15) is 8.42 Å². The molecular weight excluding hydrogens is 250 g/mol. The van der Waals surface area contributed by atoms with Gasteiger partial charge in [0.05, 0.1) is 11.8 Å². The molecule has 2 rings (SSSR count). The molecule has 1 atom stereocenters. The predicted octanol–water partition coefficient (Wildman–Crippen LogP) is 1.53. The monoisotopic (exact) mass is 269 g/mol. The van der Waals surface area contributed by atoms with Crippen LogP contribution in [0.3, 0.4) is 0 Å². The van der Waals surface area contributed by atoms with Crippen LogP contribution in [-0.2, 0) is 9.84 Å². The molecule has 0 radical (unpaired) electrons. The number of para-hydroxylation sites is 1. The summed E-state index contributed by atoms with van der Waals surface area (Å²) in [5.41, 5.74) is 0.734. The fourth-order valence-electron chi connectivity index (χ4n) is 2.27. The second kappa shape index (κ2) is 4.55. The van der Waals surface area contributed by atoms with Crippen LogP contribution in [0, 0.1) is 0 Å². The van der Waals surface area contributed by atoms with Gasteiger partial charge in [-0.05, 0) is 19.9 Å². The third kappa shape index (κ3) is 2.84. The first-order valence-corrected chi connectivity index (χ1v) is 8.05. The maximum absolute atomic E-state index is 11.1. The molecule has 0 amide bonds. The zero-order valence-electron chi connectivity index (χ0n) is 10.9. The molecule has 0 saturated heterocycles. The highest BCUT2D eigenvalue weighted by Gasteiger charge is 2.40. The van der Waals surface area contributed by atoms with Crippen molar-refractivity contribution in [1.82, 2.24) is 5.32 Å². The highest BCUT2D eigenvalue weighted by atomic mass is 32.2. The van der Waals surface area contributed by atoms with Crippen LogP contribution in [0.15, 0.2) is 24.3 Å². The molecule has 0 fully saturated rings. The van der Waals surface area contributed by atoms with Crippen LogP contribution in [0.5, 0.6) is 5.75 Å². The smallest absolute Gasteiger partial charge is 0.148 e. The van der Waals surface area contributed by atoms with E-state index < -0.39 is 9.84 Å². The van der Waals surface area contributed by atoms with Gasteiger partial charge in [0, 0.05) is 18.4 Å². The van der Waals surface area contributed by atoms with E-state index in [4.69, 9.17) is 4.74 Å². The topological polar surface area (TPSA) is 55.4 Å². The van der Waals surface area contributed by atoms with E-state index in [0.29, 0.717) is 6.54 Å². The van der Waals surface area contributed by atoms with E-state index in [-0.39, 0.29) is 17.4 Å². The molecule has 100 valence electrons. The summed E-state index contributed by atoms with van der Waals surface area (Å²) in [4.78, 5) is 0. The second-order valence-electron chi connectivity index (χ2n) is 5.26. The summed E-state index contributed by atoms with van der Waals surface area (Å²) >= 11 is 0. The fourth-order valence-corrected chi connectivity index (χ4v) is 2.76. The lowest BCUT2D eigenvalue weighted by atomic mass is 9.94. The molecule has 0 saturated carbocycles. The lowest BCUT2D eigenvalue weighted by Crippen LogP contribution is -2.40. The van der Waals surface area contributed by atoms with Crippen molar-refractivity contribution in [1.29, 1.82) is 0 Å². The molecule has 1 aliphatic heterocycles. The Morgan fingerprint density at radius 3 is 2.67 bits per heavy atom. The van der Waals surface area contributed by atoms with Crippen LogP contribution >= 0.6 is 0 Å². The molecule has 1 aromatic carbocycles. The molecule has 1 aromatic rings. The van der Waals surface area contributed by atoms with Crippen LogP contribution in [-0.4, -0.2) is 32.6 Å². The van der Waals surface area contributed by atoms with Crippen LogP contribution in [0.4, 0.5) is 0 Å². The molecule has 5 heteroatoms. The molecule has 18 heavy (non-hydrogen) atoms. The van der Waals surface area contributed by atoms with E-state index in [1.54, 1.807) is 0 Å². The summed E-state index contributed by atoms with van der Waals surface area (Å²) in [7, 11) is -2.93. The molecule has 1 N–H and O–H groups in total. The van der Waals surface area contributed by atoms with Crippen molar-refractivity contribution in [2.24, 2.45) is 0 Å². The first kappa shape index (κ1) is 13.4. The maximum atomic E-state index is 11.1. The number of ether oxygens (including phenoxy) is 1. The minimum absolute atomic E-state index is 0.0236. The SMILES string of the molecule is CC1(C)Oc2ccccc2C1NCCS(C)(=O)=O. The third-order valence-corrected chi connectivity index (χ3v) is 4.07. The zero-order valence-corrected chi connectivity index (χ0v) is 11.8. The Morgan fingerprint density at radius 2 is 2.00 bits per heavy atom. The number of hydrogen-bond donors (Lipinski definition) is 1. The standard InChI is InChI=1S/C13H19NO3S/c1-13(2)12(14-8-9-18(3,15)16)10-6-4-5-7-11(10)17-13/h4-7,12,14H,8-9H2,1-3H3. The minimum Gasteiger partial charge on any atom is -0.486 e. The van der Waals surface area contributed by atoms with Crippen molar-refractivity contribution in [2.45, 2.75) is 25.5 Å². The van der Waals surface area contributed by atoms with E-state index in [1.165, 1.54) is 6.26 Å². The lowest BCUT2D eigenvalue weighted by molar-refractivity contribution is 0.0974. The van der Waals surface area contributed by atoms with Gasteiger partial charge in [-0.2, -0.15) is 0 Å². The minimum atomic E-state index is -2.93. The van der Waals surface area contributed by atoms with Crippen molar-refractivity contribution < 1.29 is 13.2 Å². The first-order valence-electron chi connectivity index (χ1n) is 5.99. The van der Waals surface area contributed by atoms with Crippen molar-refractivity contribution in [3.8, 4) is 5.75 Å². The summed E-state index contributed by atoms with van der Waals surface area (Å²) < 4.78 is 28.2. The molecule has 0 aliphatic carbocycles. The largest absolute Gasteiger partial charge is 0.486 e. The van der Waals surface area contributed by atoms with Gasteiger partial charge < -0.3 is 10.1 Å². The predicted molar refractivity (Wildman–Crippen MR) is 71.6 cm³/mol. The van der Waals surface area contributed by atoms with Gasteiger partial charge in [0.25, 0.3) is 0 Å². The van der Waals surface area contributed by atoms with E-state index in [1.807, 2.05) is 38.1 Å². The van der Waals surface area contributed by atoms with Gasteiger partial charge in [-0.15, -0.1) is 0 Å². The Bertz CT molecular complexity index is 537. The first-order chi connectivity index (χ1) is 8.30. The number of sulfone groups is 1. The highest BCUT2D eigenvalue weighted by Crippen LogP contribution is 2.42. The molecule has 0 spiro atoms. The normalized spacial score (nSPS) is 21.4. The summed E-state index contributed by atoms with van der Waals surface area (Å²) in [6, 6.07) is 7.88. The molecule has 1 heterocycles. The third-order valence-electron chi connectivity index (χ3n) is 3.12. The molecule has 1 unspecified atom stereocenters. The Hall–Kier alpha value is -1.07. The van der Waals surface area contributed by atoms with Gasteiger partial charge in [-0.1, -0.05) is 18.2 Å². The number of rotatable bonds is 4. The Balaban J connectivity index is 2.11. The van der Waals surface area contributed by atoms with Crippen molar-refractivity contribution in [3.05, 3.63) is 29.8 Å². The number of benzene rings is 1. The van der Waals surface area contributed by atoms with E-state index >= 15 is 0 Å². The highest BCUT2D eigenvalue weighted by molar-refractivity contribution is 7.90. The van der Waals surface area contributed by atoms with Gasteiger partial charge in [-0.3, -0.25) is 0 Å².